The molecule has 0 unspecified atom stereocenters. The number of hydrogen-bond acceptors (Lipinski definition) is 1. The molecule has 0 bridgehead atoms. The van der Waals surface area contributed by atoms with E-state index in [0.29, 0.717) is 5.02 Å². The van der Waals surface area contributed by atoms with Crippen LogP contribution in [0.25, 0.3) is 0 Å². The number of amides is 1. The lowest BCUT2D eigenvalue weighted by molar-refractivity contribution is -0.111. The van der Waals surface area contributed by atoms with Crippen molar-refractivity contribution >= 4 is 23.2 Å². The standard InChI is InChI=1S/C9H5ClFNO/c1-2-9(13)12-8-5-6(10)3-4-7(8)11/h1,3-5H,(H,12,13). The normalized spacial score (nSPS) is 9.00. The maximum Gasteiger partial charge on any atom is 0.300 e. The van der Waals surface area contributed by atoms with Crippen molar-refractivity contribution in [2.45, 2.75) is 0 Å². The van der Waals surface area contributed by atoms with Crippen molar-refractivity contribution in [2.24, 2.45) is 0 Å². The Balaban J connectivity index is 2.95. The second kappa shape index (κ2) is 3.92. The van der Waals surface area contributed by atoms with Crippen molar-refractivity contribution in [1.82, 2.24) is 0 Å². The summed E-state index contributed by atoms with van der Waals surface area (Å²) >= 11 is 5.57. The summed E-state index contributed by atoms with van der Waals surface area (Å²) in [7, 11) is 0. The van der Waals surface area contributed by atoms with Crippen molar-refractivity contribution in [3.63, 3.8) is 0 Å². The maximum absolute atomic E-state index is 12.9. The van der Waals surface area contributed by atoms with Crippen LogP contribution in [-0.2, 0) is 4.79 Å². The molecule has 0 aliphatic heterocycles. The van der Waals surface area contributed by atoms with E-state index in [1.165, 1.54) is 12.1 Å². The third-order valence-electron chi connectivity index (χ3n) is 1.31. The van der Waals surface area contributed by atoms with Crippen LogP contribution in [0.1, 0.15) is 0 Å². The largest absolute Gasteiger partial charge is 0.313 e. The molecular weight excluding hydrogens is 193 g/mol. The zero-order valence-corrected chi connectivity index (χ0v) is 7.23. The predicted molar refractivity (Wildman–Crippen MR) is 48.9 cm³/mol. The van der Waals surface area contributed by atoms with Crippen molar-refractivity contribution in [2.75, 3.05) is 5.32 Å². The average Bonchev–Trinajstić information content (AvgIpc) is 2.11. The Morgan fingerprint density at radius 1 is 1.62 bits per heavy atom. The number of terminal acetylenes is 1. The summed E-state index contributed by atoms with van der Waals surface area (Å²) in [5.74, 6) is 0.517. The molecule has 0 radical (unpaired) electrons. The highest BCUT2D eigenvalue weighted by Gasteiger charge is 2.04. The first kappa shape index (κ1) is 9.56. The van der Waals surface area contributed by atoms with Crippen LogP contribution in [0, 0.1) is 18.2 Å². The molecule has 4 heteroatoms. The van der Waals surface area contributed by atoms with Crippen LogP contribution >= 0.6 is 11.6 Å². The first-order chi connectivity index (χ1) is 6.13. The SMILES string of the molecule is C#CC(=O)Nc1cc(Cl)ccc1F. The van der Waals surface area contributed by atoms with E-state index in [4.69, 9.17) is 18.0 Å². The van der Waals surface area contributed by atoms with Gasteiger partial charge in [-0.25, -0.2) is 4.39 Å². The van der Waals surface area contributed by atoms with Gasteiger partial charge in [0, 0.05) is 5.02 Å². The Morgan fingerprint density at radius 3 is 2.92 bits per heavy atom. The Morgan fingerprint density at radius 2 is 2.31 bits per heavy atom. The van der Waals surface area contributed by atoms with E-state index in [2.05, 4.69) is 5.32 Å². The molecule has 0 saturated heterocycles. The third-order valence-corrected chi connectivity index (χ3v) is 1.54. The zero-order chi connectivity index (χ0) is 9.84. The molecule has 0 aliphatic rings. The number of nitrogens with one attached hydrogen (secondary N) is 1. The van der Waals surface area contributed by atoms with Crippen LogP contribution in [0.15, 0.2) is 18.2 Å². The van der Waals surface area contributed by atoms with E-state index < -0.39 is 11.7 Å². The van der Waals surface area contributed by atoms with Crippen LogP contribution < -0.4 is 5.32 Å². The molecule has 1 N–H and O–H groups in total. The molecule has 0 aliphatic carbocycles. The monoisotopic (exact) mass is 197 g/mol. The quantitative estimate of drug-likeness (QED) is 0.686. The minimum Gasteiger partial charge on any atom is -0.313 e. The summed E-state index contributed by atoms with van der Waals surface area (Å²) in [4.78, 5) is 10.7. The molecule has 1 aromatic rings. The molecule has 0 fully saturated rings. The Hall–Kier alpha value is -1.53. The van der Waals surface area contributed by atoms with Crippen LogP contribution in [-0.4, -0.2) is 5.91 Å². The molecule has 0 saturated carbocycles. The Labute approximate surface area is 79.7 Å². The number of hydrogen-bond donors (Lipinski definition) is 1. The molecule has 2 nitrogen and oxygen atoms in total. The van der Waals surface area contributed by atoms with Gasteiger partial charge in [0.05, 0.1) is 5.69 Å². The second-order valence-electron chi connectivity index (χ2n) is 2.22. The maximum atomic E-state index is 12.9. The third kappa shape index (κ3) is 2.46. The van der Waals surface area contributed by atoms with Gasteiger partial charge in [0.1, 0.15) is 5.82 Å². The van der Waals surface area contributed by atoms with E-state index >= 15 is 0 Å². The van der Waals surface area contributed by atoms with Gasteiger partial charge in [-0.05, 0) is 24.1 Å². The predicted octanol–water partition coefficient (Wildman–Crippen LogP) is 2.05. The molecule has 1 rings (SSSR count). The first-order valence-electron chi connectivity index (χ1n) is 3.36. The van der Waals surface area contributed by atoms with Crippen molar-refractivity contribution in [1.29, 1.82) is 0 Å². The summed E-state index contributed by atoms with van der Waals surface area (Å²) in [6.07, 6.45) is 4.79. The molecule has 1 aromatic carbocycles. The number of carbonyl (C=O) groups excluding carboxylic acids is 1. The van der Waals surface area contributed by atoms with Crippen LogP contribution in [0.5, 0.6) is 0 Å². The number of carbonyl (C=O) groups is 1. The van der Waals surface area contributed by atoms with Gasteiger partial charge < -0.3 is 5.32 Å². The number of rotatable bonds is 1. The van der Waals surface area contributed by atoms with Crippen LogP contribution in [0.2, 0.25) is 5.02 Å². The van der Waals surface area contributed by atoms with E-state index in [9.17, 15) is 9.18 Å². The molecule has 1 amide bonds. The fourth-order valence-electron chi connectivity index (χ4n) is 0.752. The Bertz CT molecular complexity index is 384. The lowest BCUT2D eigenvalue weighted by Gasteiger charge is -2.02. The van der Waals surface area contributed by atoms with Gasteiger partial charge in [-0.3, -0.25) is 4.79 Å². The smallest absolute Gasteiger partial charge is 0.300 e. The summed E-state index contributed by atoms with van der Waals surface area (Å²) in [5.41, 5.74) is -0.0181. The lowest BCUT2D eigenvalue weighted by atomic mass is 10.3. The molecule has 0 aromatic heterocycles. The molecule has 0 spiro atoms. The first-order valence-corrected chi connectivity index (χ1v) is 3.74. The average molecular weight is 198 g/mol. The van der Waals surface area contributed by atoms with Crippen molar-refractivity contribution < 1.29 is 9.18 Å². The van der Waals surface area contributed by atoms with E-state index in [-0.39, 0.29) is 5.69 Å². The minimum atomic E-state index is -0.707. The van der Waals surface area contributed by atoms with E-state index in [1.807, 2.05) is 0 Å². The fourth-order valence-corrected chi connectivity index (χ4v) is 0.924. The van der Waals surface area contributed by atoms with Crippen LogP contribution in [0.3, 0.4) is 0 Å². The topological polar surface area (TPSA) is 29.1 Å². The van der Waals surface area contributed by atoms with Gasteiger partial charge >= 0.3 is 0 Å². The summed E-state index contributed by atoms with van der Waals surface area (Å²) in [6, 6.07) is 3.81. The van der Waals surface area contributed by atoms with Crippen molar-refractivity contribution in [3.05, 3.63) is 29.0 Å². The fraction of sp³-hybridized carbons (Fsp3) is 0. The minimum absolute atomic E-state index is 0.0181. The summed E-state index contributed by atoms with van der Waals surface area (Å²) in [6.45, 7) is 0. The molecule has 0 atom stereocenters. The van der Waals surface area contributed by atoms with E-state index in [0.717, 1.165) is 6.07 Å². The summed E-state index contributed by atoms with van der Waals surface area (Å²) in [5, 5.41) is 2.49. The van der Waals surface area contributed by atoms with Gasteiger partial charge in [0.2, 0.25) is 0 Å². The number of benzene rings is 1. The van der Waals surface area contributed by atoms with E-state index in [1.54, 1.807) is 5.92 Å². The van der Waals surface area contributed by atoms with Gasteiger partial charge in [0.25, 0.3) is 5.91 Å². The highest BCUT2D eigenvalue weighted by Crippen LogP contribution is 2.19. The molecule has 66 valence electrons. The highest BCUT2D eigenvalue weighted by atomic mass is 35.5. The highest BCUT2D eigenvalue weighted by molar-refractivity contribution is 6.31. The van der Waals surface area contributed by atoms with Gasteiger partial charge in [0.15, 0.2) is 0 Å². The molecule has 13 heavy (non-hydrogen) atoms. The number of anilines is 1. The molecular formula is C9H5ClFNO. The van der Waals surface area contributed by atoms with Gasteiger partial charge in [-0.1, -0.05) is 11.6 Å². The second-order valence-corrected chi connectivity index (χ2v) is 2.66. The Kier molecular flexibility index (Phi) is 2.88. The molecule has 0 heterocycles. The summed E-state index contributed by atoms with van der Waals surface area (Å²) < 4.78 is 12.9. The van der Waals surface area contributed by atoms with Crippen molar-refractivity contribution in [3.8, 4) is 12.3 Å². The van der Waals surface area contributed by atoms with Gasteiger partial charge in [-0.15, -0.1) is 6.42 Å². The van der Waals surface area contributed by atoms with Gasteiger partial charge in [-0.2, -0.15) is 0 Å². The number of halogens is 2. The lowest BCUT2D eigenvalue weighted by Crippen LogP contribution is -2.09. The van der Waals surface area contributed by atoms with Crippen LogP contribution in [0.4, 0.5) is 10.1 Å². The zero-order valence-electron chi connectivity index (χ0n) is 6.47.